The maximum atomic E-state index is 12.3. The normalized spacial score (nSPS) is 14.5. The zero-order chi connectivity index (χ0) is 17.1. The van der Waals surface area contributed by atoms with Crippen molar-refractivity contribution in [3.05, 3.63) is 35.4 Å². The van der Waals surface area contributed by atoms with Crippen LogP contribution in [0.15, 0.2) is 24.3 Å². The molecule has 3 N–H and O–H groups in total. The number of ether oxygens (including phenoxy) is 1. The summed E-state index contributed by atoms with van der Waals surface area (Å²) < 4.78 is 5.19. The summed E-state index contributed by atoms with van der Waals surface area (Å²) in [5.41, 5.74) is 4.74. The molecule has 1 aromatic rings. The Morgan fingerprint density at radius 2 is 1.77 bits per heavy atom. The minimum absolute atomic E-state index is 0.106. The number of carboxylic acids is 1. The highest BCUT2D eigenvalue weighted by Gasteiger charge is 2.46. The van der Waals surface area contributed by atoms with E-state index in [2.05, 4.69) is 0 Å². The molecule has 5 heteroatoms. The lowest BCUT2D eigenvalue weighted by atomic mass is 9.86. The van der Waals surface area contributed by atoms with Crippen molar-refractivity contribution in [3.63, 3.8) is 0 Å². The van der Waals surface area contributed by atoms with Gasteiger partial charge in [0, 0.05) is 6.42 Å². The highest BCUT2D eigenvalue weighted by atomic mass is 16.6. The second-order valence-electron chi connectivity index (χ2n) is 6.81. The molecule has 1 aromatic carbocycles. The molecule has 0 spiro atoms. The second kappa shape index (κ2) is 6.48. The van der Waals surface area contributed by atoms with Gasteiger partial charge in [-0.2, -0.15) is 0 Å². The Kier molecular flexibility index (Phi) is 5.35. The molecule has 0 amide bonds. The number of carbonyl (C=O) groups excluding carboxylic acids is 1. The average Bonchev–Trinajstić information content (AvgIpc) is 2.36. The lowest BCUT2D eigenvalue weighted by Gasteiger charge is -2.29. The minimum Gasteiger partial charge on any atom is -0.479 e. The topological polar surface area (TPSA) is 89.6 Å². The third-order valence-electron chi connectivity index (χ3n) is 3.29. The van der Waals surface area contributed by atoms with Crippen LogP contribution in [-0.2, 0) is 20.7 Å². The molecule has 22 heavy (non-hydrogen) atoms. The van der Waals surface area contributed by atoms with Crippen LogP contribution in [0, 0.1) is 0 Å². The third kappa shape index (κ3) is 4.31. The summed E-state index contributed by atoms with van der Waals surface area (Å²) in [6.07, 6.45) is -0.106. The highest BCUT2D eigenvalue weighted by Crippen LogP contribution is 2.24. The number of rotatable bonds is 5. The van der Waals surface area contributed by atoms with Crippen LogP contribution in [0.2, 0.25) is 0 Å². The van der Waals surface area contributed by atoms with Crippen LogP contribution in [-0.4, -0.2) is 28.2 Å². The van der Waals surface area contributed by atoms with E-state index in [0.717, 1.165) is 11.1 Å². The SMILES string of the molecule is CC(C)c1ccccc1CC(N)(C(=O)O)C(=O)OC(C)(C)C. The highest BCUT2D eigenvalue weighted by molar-refractivity contribution is 6.04. The molecule has 0 aliphatic heterocycles. The maximum Gasteiger partial charge on any atom is 0.338 e. The van der Waals surface area contributed by atoms with Crippen molar-refractivity contribution in [1.29, 1.82) is 0 Å². The minimum atomic E-state index is -2.10. The number of carbonyl (C=O) groups is 2. The van der Waals surface area contributed by atoms with E-state index in [1.54, 1.807) is 32.9 Å². The maximum absolute atomic E-state index is 12.3. The van der Waals surface area contributed by atoms with Crippen molar-refractivity contribution in [2.75, 3.05) is 0 Å². The van der Waals surface area contributed by atoms with E-state index in [1.165, 1.54) is 0 Å². The average molecular weight is 307 g/mol. The van der Waals surface area contributed by atoms with Gasteiger partial charge in [0.1, 0.15) is 5.60 Å². The fourth-order valence-corrected chi connectivity index (χ4v) is 2.16. The van der Waals surface area contributed by atoms with Gasteiger partial charge in [-0.15, -0.1) is 0 Å². The fourth-order valence-electron chi connectivity index (χ4n) is 2.16. The zero-order valence-electron chi connectivity index (χ0n) is 13.8. The van der Waals surface area contributed by atoms with Crippen LogP contribution in [0.4, 0.5) is 0 Å². The second-order valence-corrected chi connectivity index (χ2v) is 6.81. The number of nitrogens with two attached hydrogens (primary N) is 1. The summed E-state index contributed by atoms with van der Waals surface area (Å²) in [5, 5.41) is 9.46. The van der Waals surface area contributed by atoms with E-state index in [4.69, 9.17) is 10.5 Å². The molecule has 1 atom stereocenters. The Hall–Kier alpha value is -1.88. The van der Waals surface area contributed by atoms with Crippen LogP contribution in [0.5, 0.6) is 0 Å². The lowest BCUT2D eigenvalue weighted by Crippen LogP contribution is -2.58. The number of benzene rings is 1. The molecule has 1 unspecified atom stereocenters. The van der Waals surface area contributed by atoms with Crippen molar-refractivity contribution in [2.24, 2.45) is 5.73 Å². The molecule has 0 heterocycles. The summed E-state index contributed by atoms with van der Waals surface area (Å²) in [7, 11) is 0. The number of esters is 1. The third-order valence-corrected chi connectivity index (χ3v) is 3.29. The molecule has 1 rings (SSSR count). The Balaban J connectivity index is 3.18. The summed E-state index contributed by atoms with van der Waals surface area (Å²) in [6.45, 7) is 9.04. The van der Waals surface area contributed by atoms with Crippen molar-refractivity contribution in [1.82, 2.24) is 0 Å². The molecule has 0 radical (unpaired) electrons. The van der Waals surface area contributed by atoms with Crippen LogP contribution in [0.1, 0.15) is 51.7 Å². The van der Waals surface area contributed by atoms with Crippen molar-refractivity contribution >= 4 is 11.9 Å². The Labute approximate surface area is 131 Å². The van der Waals surface area contributed by atoms with Gasteiger partial charge in [-0.25, -0.2) is 9.59 Å². The van der Waals surface area contributed by atoms with E-state index in [-0.39, 0.29) is 12.3 Å². The fraction of sp³-hybridized carbons (Fsp3) is 0.529. The number of carboxylic acid groups (broad SMARTS) is 1. The molecule has 122 valence electrons. The van der Waals surface area contributed by atoms with Crippen molar-refractivity contribution in [3.8, 4) is 0 Å². The lowest BCUT2D eigenvalue weighted by molar-refractivity contribution is -0.169. The van der Waals surface area contributed by atoms with E-state index >= 15 is 0 Å². The van der Waals surface area contributed by atoms with E-state index in [0.29, 0.717) is 0 Å². The molecule has 5 nitrogen and oxygen atoms in total. The quantitative estimate of drug-likeness (QED) is 0.644. The van der Waals surface area contributed by atoms with Gasteiger partial charge in [-0.05, 0) is 37.8 Å². The van der Waals surface area contributed by atoms with Gasteiger partial charge >= 0.3 is 11.9 Å². The van der Waals surface area contributed by atoms with Crippen LogP contribution in [0.3, 0.4) is 0 Å². The molecule has 0 saturated carbocycles. The first-order chi connectivity index (χ1) is 9.97. The number of hydrogen-bond acceptors (Lipinski definition) is 4. The summed E-state index contributed by atoms with van der Waals surface area (Å²) >= 11 is 0. The van der Waals surface area contributed by atoms with Crippen LogP contribution < -0.4 is 5.73 Å². The van der Waals surface area contributed by atoms with Gasteiger partial charge < -0.3 is 15.6 Å². The van der Waals surface area contributed by atoms with Gasteiger partial charge in [0.15, 0.2) is 0 Å². The first-order valence-electron chi connectivity index (χ1n) is 7.31. The Morgan fingerprint density at radius 1 is 1.23 bits per heavy atom. The van der Waals surface area contributed by atoms with E-state index in [1.807, 2.05) is 26.0 Å². The molecular formula is C17H25NO4. The van der Waals surface area contributed by atoms with Crippen molar-refractivity contribution < 1.29 is 19.4 Å². The first kappa shape index (κ1) is 18.2. The summed E-state index contributed by atoms with van der Waals surface area (Å²) in [5.74, 6) is -2.11. The predicted molar refractivity (Wildman–Crippen MR) is 84.6 cm³/mol. The van der Waals surface area contributed by atoms with Gasteiger partial charge in [0.2, 0.25) is 5.54 Å². The molecular weight excluding hydrogens is 282 g/mol. The molecule has 0 saturated heterocycles. The molecule has 0 fully saturated rings. The first-order valence-corrected chi connectivity index (χ1v) is 7.31. The molecule has 0 aliphatic carbocycles. The van der Waals surface area contributed by atoms with Crippen molar-refractivity contribution in [2.45, 2.75) is 58.1 Å². The largest absolute Gasteiger partial charge is 0.479 e. The summed E-state index contributed by atoms with van der Waals surface area (Å²) in [6, 6.07) is 7.39. The molecule has 0 aromatic heterocycles. The monoisotopic (exact) mass is 307 g/mol. The Bertz CT molecular complexity index is 560. The van der Waals surface area contributed by atoms with Crippen LogP contribution in [0.25, 0.3) is 0 Å². The summed E-state index contributed by atoms with van der Waals surface area (Å²) in [4.78, 5) is 23.9. The Morgan fingerprint density at radius 3 is 2.23 bits per heavy atom. The smallest absolute Gasteiger partial charge is 0.338 e. The van der Waals surface area contributed by atoms with E-state index < -0.39 is 23.1 Å². The van der Waals surface area contributed by atoms with Crippen LogP contribution >= 0.6 is 0 Å². The number of aliphatic carboxylic acids is 1. The van der Waals surface area contributed by atoms with Gasteiger partial charge in [0.05, 0.1) is 0 Å². The van der Waals surface area contributed by atoms with Gasteiger partial charge in [-0.3, -0.25) is 0 Å². The standard InChI is InChI=1S/C17H25NO4/c1-11(2)13-9-7-6-8-12(13)10-17(18,14(19)20)15(21)22-16(3,4)5/h6-9,11H,10,18H2,1-5H3,(H,19,20). The van der Waals surface area contributed by atoms with E-state index in [9.17, 15) is 14.7 Å². The molecule has 0 aliphatic rings. The van der Waals surface area contributed by atoms with Gasteiger partial charge in [-0.1, -0.05) is 38.1 Å². The number of hydrogen-bond donors (Lipinski definition) is 2. The predicted octanol–water partition coefficient (Wildman–Crippen LogP) is 2.48. The zero-order valence-corrected chi connectivity index (χ0v) is 13.8. The molecule has 0 bridgehead atoms. The van der Waals surface area contributed by atoms with Gasteiger partial charge in [0.25, 0.3) is 0 Å².